The highest BCUT2D eigenvalue weighted by molar-refractivity contribution is 6.09. The van der Waals surface area contributed by atoms with Gasteiger partial charge in [0.15, 0.2) is 11.5 Å². The van der Waals surface area contributed by atoms with Crippen molar-refractivity contribution in [1.29, 1.82) is 0 Å². The minimum Gasteiger partial charge on any atom is -0.493 e. The molecular weight excluding hydrogens is 492 g/mol. The molecule has 0 spiro atoms. The molecule has 2 amide bonds. The molecule has 0 fully saturated rings. The highest BCUT2D eigenvalue weighted by atomic mass is 16.5. The number of rotatable bonds is 10. The summed E-state index contributed by atoms with van der Waals surface area (Å²) in [5.74, 6) is 1.14. The summed E-state index contributed by atoms with van der Waals surface area (Å²) in [4.78, 5) is 32.7. The molecule has 0 aliphatic carbocycles. The zero-order valence-electron chi connectivity index (χ0n) is 23.5. The summed E-state index contributed by atoms with van der Waals surface area (Å²) in [5.41, 5.74) is 5.04. The van der Waals surface area contributed by atoms with Crippen molar-refractivity contribution in [3.63, 3.8) is 0 Å². The lowest BCUT2D eigenvalue weighted by Gasteiger charge is -2.31. The molecule has 39 heavy (non-hydrogen) atoms. The Morgan fingerprint density at radius 1 is 0.949 bits per heavy atom. The third-order valence-corrected chi connectivity index (χ3v) is 7.20. The number of ether oxygens (including phenoxy) is 2. The first-order valence-corrected chi connectivity index (χ1v) is 13.3. The zero-order valence-corrected chi connectivity index (χ0v) is 23.5. The quantitative estimate of drug-likeness (QED) is 0.415. The van der Waals surface area contributed by atoms with E-state index in [1.807, 2.05) is 55.1 Å². The molecule has 0 radical (unpaired) electrons. The van der Waals surface area contributed by atoms with E-state index in [2.05, 4.69) is 22.3 Å². The van der Waals surface area contributed by atoms with Crippen molar-refractivity contribution in [1.82, 2.24) is 9.80 Å². The van der Waals surface area contributed by atoms with Gasteiger partial charge >= 0.3 is 0 Å². The van der Waals surface area contributed by atoms with E-state index in [1.165, 1.54) is 11.1 Å². The lowest BCUT2D eigenvalue weighted by Crippen LogP contribution is -2.40. The SMILES string of the molecule is CCN(CCN1CCc2cc(OC)c(OC)cc2C1)C(=O)c1ccccc1NC(=O)c1ccc(N(C)C)cc1. The predicted octanol–water partition coefficient (Wildman–Crippen LogP) is 4.54. The van der Waals surface area contributed by atoms with Crippen molar-refractivity contribution >= 4 is 23.2 Å². The Kier molecular flexibility index (Phi) is 9.09. The van der Waals surface area contributed by atoms with Crippen molar-refractivity contribution < 1.29 is 19.1 Å². The maximum absolute atomic E-state index is 13.6. The van der Waals surface area contributed by atoms with Crippen molar-refractivity contribution in [2.75, 3.05) is 64.7 Å². The van der Waals surface area contributed by atoms with Crippen LogP contribution in [0, 0.1) is 0 Å². The normalized spacial score (nSPS) is 12.8. The molecule has 1 N–H and O–H groups in total. The lowest BCUT2D eigenvalue weighted by atomic mass is 9.99. The van der Waals surface area contributed by atoms with Crippen LogP contribution in [-0.2, 0) is 13.0 Å². The number of likely N-dealkylation sites (N-methyl/N-ethyl adjacent to an activating group) is 1. The maximum Gasteiger partial charge on any atom is 0.255 e. The number of carbonyl (C=O) groups excluding carboxylic acids is 2. The molecule has 4 rings (SSSR count). The first kappa shape index (κ1) is 28.0. The van der Waals surface area contributed by atoms with E-state index >= 15 is 0 Å². The topological polar surface area (TPSA) is 74.4 Å². The van der Waals surface area contributed by atoms with Gasteiger partial charge < -0.3 is 24.6 Å². The third-order valence-electron chi connectivity index (χ3n) is 7.20. The van der Waals surface area contributed by atoms with E-state index in [-0.39, 0.29) is 11.8 Å². The molecule has 8 heteroatoms. The summed E-state index contributed by atoms with van der Waals surface area (Å²) < 4.78 is 10.9. The Bertz CT molecular complexity index is 1310. The number of amides is 2. The fourth-order valence-electron chi connectivity index (χ4n) is 4.85. The second-order valence-electron chi connectivity index (χ2n) is 9.83. The van der Waals surface area contributed by atoms with Crippen LogP contribution < -0.4 is 19.7 Å². The van der Waals surface area contributed by atoms with Crippen molar-refractivity contribution in [2.24, 2.45) is 0 Å². The molecule has 1 aliphatic rings. The first-order chi connectivity index (χ1) is 18.8. The van der Waals surface area contributed by atoms with Crippen LogP contribution in [0.3, 0.4) is 0 Å². The molecule has 1 aliphatic heterocycles. The standard InChI is InChI=1S/C31H38N4O4/c1-6-35(18-17-34-16-15-23-19-28(38-4)29(39-5)20-24(23)21-34)31(37)26-9-7-8-10-27(26)32-30(36)22-11-13-25(14-12-22)33(2)3/h7-14,19-20H,6,15-18,21H2,1-5H3,(H,32,36). The number of methoxy groups -OCH3 is 2. The molecule has 0 bridgehead atoms. The number of hydrogen-bond donors (Lipinski definition) is 1. The average molecular weight is 531 g/mol. The van der Waals surface area contributed by atoms with Gasteiger partial charge in [-0.25, -0.2) is 0 Å². The first-order valence-electron chi connectivity index (χ1n) is 13.3. The molecule has 0 atom stereocenters. The number of fused-ring (bicyclic) bond motifs is 1. The number of para-hydroxylation sites is 1. The summed E-state index contributed by atoms with van der Waals surface area (Å²) >= 11 is 0. The van der Waals surface area contributed by atoms with Crippen LogP contribution in [0.25, 0.3) is 0 Å². The van der Waals surface area contributed by atoms with Crippen LogP contribution in [-0.4, -0.2) is 76.1 Å². The Balaban J connectivity index is 1.41. The van der Waals surface area contributed by atoms with Gasteiger partial charge in [0.2, 0.25) is 0 Å². The van der Waals surface area contributed by atoms with Gasteiger partial charge in [-0.2, -0.15) is 0 Å². The smallest absolute Gasteiger partial charge is 0.255 e. The second kappa shape index (κ2) is 12.7. The van der Waals surface area contributed by atoms with E-state index < -0.39 is 0 Å². The highest BCUT2D eigenvalue weighted by Gasteiger charge is 2.23. The Morgan fingerprint density at radius 3 is 2.26 bits per heavy atom. The van der Waals surface area contributed by atoms with Crippen molar-refractivity contribution in [3.05, 3.63) is 82.9 Å². The van der Waals surface area contributed by atoms with E-state index in [0.717, 1.165) is 43.2 Å². The zero-order chi connectivity index (χ0) is 27.9. The number of carbonyl (C=O) groups is 2. The predicted molar refractivity (Wildman–Crippen MR) is 155 cm³/mol. The van der Waals surface area contributed by atoms with Gasteiger partial charge in [-0.05, 0) is 73.0 Å². The molecule has 3 aromatic rings. The number of anilines is 2. The number of benzene rings is 3. The van der Waals surface area contributed by atoms with Crippen LogP contribution in [0.5, 0.6) is 11.5 Å². The van der Waals surface area contributed by atoms with E-state index in [4.69, 9.17) is 9.47 Å². The minimum absolute atomic E-state index is 0.0971. The summed E-state index contributed by atoms with van der Waals surface area (Å²) in [7, 11) is 7.21. The van der Waals surface area contributed by atoms with Gasteiger partial charge in [-0.15, -0.1) is 0 Å². The number of nitrogens with zero attached hydrogens (tertiary/aromatic N) is 3. The van der Waals surface area contributed by atoms with E-state index in [0.29, 0.717) is 29.9 Å². The van der Waals surface area contributed by atoms with Gasteiger partial charge in [0.05, 0.1) is 25.5 Å². The minimum atomic E-state index is -0.248. The number of nitrogens with one attached hydrogen (secondary N) is 1. The van der Waals surface area contributed by atoms with E-state index in [1.54, 1.807) is 38.5 Å². The largest absolute Gasteiger partial charge is 0.493 e. The van der Waals surface area contributed by atoms with Crippen LogP contribution in [0.15, 0.2) is 60.7 Å². The van der Waals surface area contributed by atoms with Crippen LogP contribution in [0.2, 0.25) is 0 Å². The third kappa shape index (κ3) is 6.52. The molecule has 0 saturated heterocycles. The monoisotopic (exact) mass is 530 g/mol. The summed E-state index contributed by atoms with van der Waals surface area (Å²) in [6, 6.07) is 18.7. The summed E-state index contributed by atoms with van der Waals surface area (Å²) in [6.07, 6.45) is 0.917. The fraction of sp³-hybridized carbons (Fsp3) is 0.355. The van der Waals surface area contributed by atoms with Crippen LogP contribution in [0.1, 0.15) is 38.8 Å². The summed E-state index contributed by atoms with van der Waals surface area (Å²) in [6.45, 7) is 5.59. The highest BCUT2D eigenvalue weighted by Crippen LogP contribution is 2.33. The van der Waals surface area contributed by atoms with E-state index in [9.17, 15) is 9.59 Å². The van der Waals surface area contributed by atoms with Gasteiger partial charge in [0, 0.05) is 58.1 Å². The van der Waals surface area contributed by atoms with Crippen molar-refractivity contribution in [3.8, 4) is 11.5 Å². The molecule has 206 valence electrons. The van der Waals surface area contributed by atoms with Gasteiger partial charge in [-0.3, -0.25) is 14.5 Å². The lowest BCUT2D eigenvalue weighted by molar-refractivity contribution is 0.0742. The molecule has 0 aromatic heterocycles. The van der Waals surface area contributed by atoms with Gasteiger partial charge in [-0.1, -0.05) is 12.1 Å². The molecule has 0 unspecified atom stereocenters. The molecule has 0 saturated carbocycles. The maximum atomic E-state index is 13.6. The Hall–Kier alpha value is -4.04. The Morgan fingerprint density at radius 2 is 1.62 bits per heavy atom. The molecule has 3 aromatic carbocycles. The fourth-order valence-corrected chi connectivity index (χ4v) is 4.85. The van der Waals surface area contributed by atoms with Crippen LogP contribution in [0.4, 0.5) is 11.4 Å². The van der Waals surface area contributed by atoms with Crippen LogP contribution >= 0.6 is 0 Å². The number of hydrogen-bond acceptors (Lipinski definition) is 6. The average Bonchev–Trinajstić information content (AvgIpc) is 2.96. The van der Waals surface area contributed by atoms with Gasteiger partial charge in [0.25, 0.3) is 11.8 Å². The molecule has 8 nitrogen and oxygen atoms in total. The molecular formula is C31H38N4O4. The summed E-state index contributed by atoms with van der Waals surface area (Å²) in [5, 5.41) is 2.94. The second-order valence-corrected chi connectivity index (χ2v) is 9.83. The Labute approximate surface area is 231 Å². The van der Waals surface area contributed by atoms with Gasteiger partial charge in [0.1, 0.15) is 0 Å². The van der Waals surface area contributed by atoms with Crippen molar-refractivity contribution in [2.45, 2.75) is 19.9 Å². The molecule has 1 heterocycles.